The standard InChI is InChI=1S/C14H10N4S/c1-2-8-19-11-5-3-4-10(9-11)12-17-13-14(18-12)16-7-6-15-13/h1,3-7,9H,8H2,(H,15,16,17,18). The van der Waals surface area contributed by atoms with Gasteiger partial charge in [0.1, 0.15) is 5.82 Å². The molecule has 92 valence electrons. The van der Waals surface area contributed by atoms with Crippen LogP contribution in [0.5, 0.6) is 0 Å². The Morgan fingerprint density at radius 3 is 3.00 bits per heavy atom. The Kier molecular flexibility index (Phi) is 3.17. The number of H-pyrrole nitrogens is 1. The lowest BCUT2D eigenvalue weighted by Crippen LogP contribution is -1.82. The number of nitrogens with zero attached hydrogens (tertiary/aromatic N) is 3. The number of imidazole rings is 1. The Bertz CT molecular complexity index is 724. The second-order valence-corrected chi connectivity index (χ2v) is 4.88. The Morgan fingerprint density at radius 1 is 1.26 bits per heavy atom. The number of aromatic amines is 1. The molecule has 2 heterocycles. The van der Waals surface area contributed by atoms with Crippen LogP contribution in [0.15, 0.2) is 41.6 Å². The fourth-order valence-electron chi connectivity index (χ4n) is 1.74. The lowest BCUT2D eigenvalue weighted by atomic mass is 10.2. The molecule has 4 nitrogen and oxygen atoms in total. The molecule has 0 saturated heterocycles. The van der Waals surface area contributed by atoms with E-state index in [0.29, 0.717) is 17.0 Å². The quantitative estimate of drug-likeness (QED) is 0.585. The molecule has 0 fully saturated rings. The third-order valence-corrected chi connectivity index (χ3v) is 3.46. The van der Waals surface area contributed by atoms with E-state index in [1.54, 1.807) is 24.2 Å². The molecule has 0 amide bonds. The highest BCUT2D eigenvalue weighted by molar-refractivity contribution is 7.99. The van der Waals surface area contributed by atoms with Gasteiger partial charge in [-0.2, -0.15) is 0 Å². The van der Waals surface area contributed by atoms with Crippen LogP contribution in [-0.2, 0) is 0 Å². The van der Waals surface area contributed by atoms with Crippen molar-refractivity contribution in [3.8, 4) is 23.7 Å². The number of hydrogen-bond donors (Lipinski definition) is 1. The van der Waals surface area contributed by atoms with Crippen molar-refractivity contribution in [2.75, 3.05) is 5.75 Å². The summed E-state index contributed by atoms with van der Waals surface area (Å²) in [6.45, 7) is 0. The van der Waals surface area contributed by atoms with Crippen LogP contribution in [0, 0.1) is 12.3 Å². The first-order valence-electron chi connectivity index (χ1n) is 5.70. The maximum atomic E-state index is 5.27. The normalized spacial score (nSPS) is 10.5. The average molecular weight is 266 g/mol. The van der Waals surface area contributed by atoms with Gasteiger partial charge in [0.2, 0.25) is 0 Å². The van der Waals surface area contributed by atoms with Crippen molar-refractivity contribution in [2.24, 2.45) is 0 Å². The van der Waals surface area contributed by atoms with Crippen molar-refractivity contribution in [1.29, 1.82) is 0 Å². The summed E-state index contributed by atoms with van der Waals surface area (Å²) in [5.41, 5.74) is 2.32. The fraction of sp³-hybridized carbons (Fsp3) is 0.0714. The van der Waals surface area contributed by atoms with Gasteiger partial charge in [-0.25, -0.2) is 15.0 Å². The molecule has 2 aromatic heterocycles. The predicted molar refractivity (Wildman–Crippen MR) is 76.7 cm³/mol. The zero-order valence-electron chi connectivity index (χ0n) is 10.00. The van der Waals surface area contributed by atoms with Gasteiger partial charge in [-0.05, 0) is 12.1 Å². The minimum Gasteiger partial charge on any atom is -0.321 e. The zero-order chi connectivity index (χ0) is 13.1. The van der Waals surface area contributed by atoms with Crippen molar-refractivity contribution in [3.05, 3.63) is 36.7 Å². The van der Waals surface area contributed by atoms with E-state index in [0.717, 1.165) is 16.3 Å². The second-order valence-electron chi connectivity index (χ2n) is 3.83. The van der Waals surface area contributed by atoms with Gasteiger partial charge in [0.05, 0.1) is 5.75 Å². The van der Waals surface area contributed by atoms with Crippen LogP contribution in [0.2, 0.25) is 0 Å². The Morgan fingerprint density at radius 2 is 2.16 bits per heavy atom. The highest BCUT2D eigenvalue weighted by Crippen LogP contribution is 2.24. The van der Waals surface area contributed by atoms with Gasteiger partial charge in [0.25, 0.3) is 0 Å². The second kappa shape index (κ2) is 5.12. The topological polar surface area (TPSA) is 54.5 Å². The smallest absolute Gasteiger partial charge is 0.197 e. The number of thioether (sulfide) groups is 1. The molecule has 0 bridgehead atoms. The molecule has 0 unspecified atom stereocenters. The summed E-state index contributed by atoms with van der Waals surface area (Å²) in [5.74, 6) is 4.04. The first kappa shape index (κ1) is 11.8. The van der Waals surface area contributed by atoms with E-state index < -0.39 is 0 Å². The predicted octanol–water partition coefficient (Wildman–Crippen LogP) is 2.75. The number of rotatable bonds is 3. The van der Waals surface area contributed by atoms with Gasteiger partial charge in [-0.15, -0.1) is 18.2 Å². The van der Waals surface area contributed by atoms with Gasteiger partial charge in [-0.1, -0.05) is 18.1 Å². The molecule has 19 heavy (non-hydrogen) atoms. The molecule has 0 aliphatic rings. The molecule has 0 saturated carbocycles. The van der Waals surface area contributed by atoms with E-state index in [1.807, 2.05) is 18.2 Å². The number of aromatic nitrogens is 4. The summed E-state index contributed by atoms with van der Waals surface area (Å²) in [4.78, 5) is 17.1. The average Bonchev–Trinajstić information content (AvgIpc) is 2.89. The monoisotopic (exact) mass is 266 g/mol. The van der Waals surface area contributed by atoms with Crippen molar-refractivity contribution in [2.45, 2.75) is 4.90 Å². The lowest BCUT2D eigenvalue weighted by Gasteiger charge is -2.00. The van der Waals surface area contributed by atoms with Crippen molar-refractivity contribution >= 4 is 23.1 Å². The molecule has 0 aliphatic heterocycles. The van der Waals surface area contributed by atoms with E-state index >= 15 is 0 Å². The third kappa shape index (κ3) is 2.44. The zero-order valence-corrected chi connectivity index (χ0v) is 10.8. The van der Waals surface area contributed by atoms with Gasteiger partial charge in [-0.3, -0.25) is 0 Å². The van der Waals surface area contributed by atoms with E-state index in [-0.39, 0.29) is 0 Å². The molecule has 1 aromatic carbocycles. The third-order valence-electron chi connectivity index (χ3n) is 2.56. The first-order chi connectivity index (χ1) is 9.36. The largest absolute Gasteiger partial charge is 0.321 e. The summed E-state index contributed by atoms with van der Waals surface area (Å²) in [6, 6.07) is 8.07. The highest BCUT2D eigenvalue weighted by Gasteiger charge is 2.07. The molecule has 0 spiro atoms. The van der Waals surface area contributed by atoms with Gasteiger partial charge >= 0.3 is 0 Å². The van der Waals surface area contributed by atoms with Crippen LogP contribution in [0.3, 0.4) is 0 Å². The summed E-state index contributed by atoms with van der Waals surface area (Å²) >= 11 is 1.63. The number of nitrogens with one attached hydrogen (secondary N) is 1. The van der Waals surface area contributed by atoms with E-state index in [9.17, 15) is 0 Å². The van der Waals surface area contributed by atoms with Crippen LogP contribution < -0.4 is 0 Å². The van der Waals surface area contributed by atoms with Gasteiger partial charge < -0.3 is 4.98 Å². The summed E-state index contributed by atoms with van der Waals surface area (Å²) in [7, 11) is 0. The number of benzene rings is 1. The van der Waals surface area contributed by atoms with Crippen LogP contribution in [0.25, 0.3) is 22.7 Å². The van der Waals surface area contributed by atoms with Crippen molar-refractivity contribution in [1.82, 2.24) is 19.9 Å². The summed E-state index contributed by atoms with van der Waals surface area (Å²) in [6.07, 6.45) is 8.54. The number of terminal acetylenes is 1. The van der Waals surface area contributed by atoms with Crippen molar-refractivity contribution < 1.29 is 0 Å². The number of fused-ring (bicyclic) bond motifs is 1. The molecule has 1 N–H and O–H groups in total. The Labute approximate surface area is 114 Å². The van der Waals surface area contributed by atoms with E-state index in [4.69, 9.17) is 6.42 Å². The van der Waals surface area contributed by atoms with E-state index in [2.05, 4.69) is 31.9 Å². The molecule has 3 rings (SSSR count). The van der Waals surface area contributed by atoms with Crippen LogP contribution in [0.1, 0.15) is 0 Å². The molecule has 0 atom stereocenters. The molecular weight excluding hydrogens is 256 g/mol. The minimum atomic E-state index is 0.624. The Balaban J connectivity index is 1.99. The maximum Gasteiger partial charge on any atom is 0.197 e. The molecule has 3 aromatic rings. The van der Waals surface area contributed by atoms with Gasteiger partial charge in [0, 0.05) is 22.9 Å². The fourth-order valence-corrected chi connectivity index (χ4v) is 2.38. The molecule has 5 heteroatoms. The highest BCUT2D eigenvalue weighted by atomic mass is 32.2. The molecular formula is C14H10N4S. The van der Waals surface area contributed by atoms with Crippen LogP contribution >= 0.6 is 11.8 Å². The minimum absolute atomic E-state index is 0.624. The lowest BCUT2D eigenvalue weighted by molar-refractivity contribution is 1.26. The van der Waals surface area contributed by atoms with Crippen molar-refractivity contribution in [3.63, 3.8) is 0 Å². The molecule has 0 radical (unpaired) electrons. The van der Waals surface area contributed by atoms with E-state index in [1.165, 1.54) is 0 Å². The summed E-state index contributed by atoms with van der Waals surface area (Å²) in [5, 5.41) is 0. The number of hydrogen-bond acceptors (Lipinski definition) is 4. The maximum absolute atomic E-state index is 5.27. The van der Waals surface area contributed by atoms with Crippen LogP contribution in [-0.4, -0.2) is 25.7 Å². The van der Waals surface area contributed by atoms with Gasteiger partial charge in [0.15, 0.2) is 11.3 Å². The van der Waals surface area contributed by atoms with Crippen LogP contribution in [0.4, 0.5) is 0 Å². The summed E-state index contributed by atoms with van der Waals surface area (Å²) < 4.78 is 0. The first-order valence-corrected chi connectivity index (χ1v) is 6.69. The SMILES string of the molecule is C#CCSc1cccc(-c2nc3nccnc3[nH]2)c1. The molecule has 0 aliphatic carbocycles. The Hall–Kier alpha value is -2.32.